The summed E-state index contributed by atoms with van der Waals surface area (Å²) >= 11 is 6.05. The molecule has 2 atom stereocenters. The molecule has 192 valence electrons. The fraction of sp³-hybridized carbons (Fsp3) is 0.593. The minimum absolute atomic E-state index is 0.0475. The van der Waals surface area contributed by atoms with Crippen LogP contribution in [0.25, 0.3) is 0 Å². The number of likely N-dealkylation sites (tertiary alicyclic amines) is 1. The van der Waals surface area contributed by atoms with Crippen LogP contribution in [0.2, 0.25) is 5.02 Å². The molecule has 0 radical (unpaired) electrons. The van der Waals surface area contributed by atoms with Crippen LogP contribution < -0.4 is 4.74 Å². The van der Waals surface area contributed by atoms with Gasteiger partial charge in [-0.1, -0.05) is 22.8 Å². The van der Waals surface area contributed by atoms with E-state index < -0.39 is 0 Å². The van der Waals surface area contributed by atoms with Crippen LogP contribution in [-0.4, -0.2) is 50.6 Å². The highest BCUT2D eigenvalue weighted by atomic mass is 35.5. The molecule has 3 aliphatic rings. The Morgan fingerprint density at radius 3 is 2.58 bits per heavy atom. The maximum atomic E-state index is 6.17. The van der Waals surface area contributed by atoms with Crippen LogP contribution in [0.1, 0.15) is 86.0 Å². The number of hydrogen-bond donors (Lipinski definition) is 0. The van der Waals surface area contributed by atoms with E-state index in [4.69, 9.17) is 25.6 Å². The molecule has 3 fully saturated rings. The average molecular weight is 512 g/mol. The fourth-order valence-corrected chi connectivity index (χ4v) is 5.99. The Morgan fingerprint density at radius 2 is 1.86 bits per heavy atom. The number of aromatic nitrogens is 4. The maximum absolute atomic E-state index is 6.17. The number of halogens is 1. The second-order valence-electron chi connectivity index (χ2n) is 10.4. The Hall–Kier alpha value is -2.42. The van der Waals surface area contributed by atoms with E-state index in [0.717, 1.165) is 67.6 Å². The van der Waals surface area contributed by atoms with Gasteiger partial charge >= 0.3 is 0 Å². The molecule has 0 spiro atoms. The molecule has 1 aromatic carbocycles. The minimum Gasteiger partial charge on any atom is -0.486 e. The van der Waals surface area contributed by atoms with Crippen molar-refractivity contribution in [2.24, 2.45) is 7.05 Å². The minimum atomic E-state index is 0.0475. The monoisotopic (exact) mass is 511 g/mol. The largest absolute Gasteiger partial charge is 0.486 e. The molecule has 9 heteroatoms. The molecule has 1 aliphatic carbocycles. The molecule has 0 unspecified atom stereocenters. The Kier molecular flexibility index (Phi) is 7.00. The molecule has 2 aliphatic heterocycles. The van der Waals surface area contributed by atoms with Gasteiger partial charge < -0.3 is 18.6 Å². The van der Waals surface area contributed by atoms with Gasteiger partial charge in [0.25, 0.3) is 0 Å². The predicted octanol–water partition coefficient (Wildman–Crippen LogP) is 5.40. The molecule has 0 amide bonds. The van der Waals surface area contributed by atoms with E-state index >= 15 is 0 Å². The Labute approximate surface area is 216 Å². The molecule has 2 aromatic heterocycles. The first-order valence-corrected chi connectivity index (χ1v) is 13.6. The molecule has 8 nitrogen and oxygen atoms in total. The van der Waals surface area contributed by atoms with E-state index in [-0.39, 0.29) is 6.10 Å². The van der Waals surface area contributed by atoms with Gasteiger partial charge in [-0.25, -0.2) is 0 Å². The zero-order chi connectivity index (χ0) is 24.5. The number of nitrogens with zero attached hydrogens (tertiary/aromatic N) is 5. The van der Waals surface area contributed by atoms with E-state index in [0.29, 0.717) is 29.5 Å². The van der Waals surface area contributed by atoms with Gasteiger partial charge in [0.05, 0.1) is 12.3 Å². The van der Waals surface area contributed by atoms with Crippen LogP contribution >= 0.6 is 11.6 Å². The van der Waals surface area contributed by atoms with Crippen molar-refractivity contribution < 1.29 is 14.0 Å². The average Bonchev–Trinajstić information content (AvgIpc) is 3.50. The van der Waals surface area contributed by atoms with Crippen LogP contribution in [-0.2, 0) is 18.4 Å². The van der Waals surface area contributed by atoms with Gasteiger partial charge in [0.15, 0.2) is 11.6 Å². The first-order valence-electron chi connectivity index (χ1n) is 13.2. The molecule has 0 bridgehead atoms. The lowest BCUT2D eigenvalue weighted by Gasteiger charge is -2.41. The van der Waals surface area contributed by atoms with Gasteiger partial charge in [0, 0.05) is 36.0 Å². The van der Waals surface area contributed by atoms with Crippen molar-refractivity contribution in [2.75, 3.05) is 19.7 Å². The summed E-state index contributed by atoms with van der Waals surface area (Å²) in [5.74, 6) is 4.30. The fourth-order valence-electron chi connectivity index (χ4n) is 5.81. The summed E-state index contributed by atoms with van der Waals surface area (Å²) in [5.41, 5.74) is 1.07. The number of hydrogen-bond acceptors (Lipinski definition) is 7. The first kappa shape index (κ1) is 23.9. The topological polar surface area (TPSA) is 78.4 Å². The molecular weight excluding hydrogens is 478 g/mol. The molecule has 6 rings (SSSR count). The highest BCUT2D eigenvalue weighted by Gasteiger charge is 2.33. The molecule has 2 saturated heterocycles. The van der Waals surface area contributed by atoms with Gasteiger partial charge in [0.2, 0.25) is 0 Å². The predicted molar refractivity (Wildman–Crippen MR) is 135 cm³/mol. The molecule has 36 heavy (non-hydrogen) atoms. The van der Waals surface area contributed by atoms with E-state index in [2.05, 4.69) is 30.9 Å². The molecule has 1 saturated carbocycles. The van der Waals surface area contributed by atoms with E-state index in [1.165, 1.54) is 25.9 Å². The lowest BCUT2D eigenvalue weighted by Crippen LogP contribution is -2.48. The summed E-state index contributed by atoms with van der Waals surface area (Å²) in [6.07, 6.45) is 7.82. The van der Waals surface area contributed by atoms with E-state index in [9.17, 15) is 0 Å². The van der Waals surface area contributed by atoms with Gasteiger partial charge in [-0.3, -0.25) is 4.90 Å². The zero-order valence-corrected chi connectivity index (χ0v) is 21.6. The number of benzene rings is 1. The van der Waals surface area contributed by atoms with Gasteiger partial charge in [-0.2, -0.15) is 0 Å². The molecule has 4 heterocycles. The Morgan fingerprint density at radius 1 is 1.03 bits per heavy atom. The van der Waals surface area contributed by atoms with Crippen molar-refractivity contribution in [2.45, 2.75) is 75.5 Å². The summed E-state index contributed by atoms with van der Waals surface area (Å²) in [6.45, 7) is 3.61. The maximum Gasteiger partial charge on any atom is 0.170 e. The van der Waals surface area contributed by atoms with Crippen molar-refractivity contribution in [1.29, 1.82) is 0 Å². The van der Waals surface area contributed by atoms with Crippen molar-refractivity contribution in [3.05, 3.63) is 58.5 Å². The highest BCUT2D eigenvalue weighted by molar-refractivity contribution is 6.30. The van der Waals surface area contributed by atoms with Crippen molar-refractivity contribution in [3.8, 4) is 5.75 Å². The third-order valence-corrected chi connectivity index (χ3v) is 8.43. The summed E-state index contributed by atoms with van der Waals surface area (Å²) < 4.78 is 19.9. The van der Waals surface area contributed by atoms with Gasteiger partial charge in [0.1, 0.15) is 24.3 Å². The highest BCUT2D eigenvalue weighted by Crippen LogP contribution is 2.41. The van der Waals surface area contributed by atoms with Crippen molar-refractivity contribution in [1.82, 2.24) is 24.8 Å². The summed E-state index contributed by atoms with van der Waals surface area (Å²) in [4.78, 5) is 2.53. The Balaban J connectivity index is 1.01. The second kappa shape index (κ2) is 10.5. The van der Waals surface area contributed by atoms with Crippen LogP contribution in [0.3, 0.4) is 0 Å². The van der Waals surface area contributed by atoms with E-state index in [1.807, 2.05) is 25.2 Å². The number of rotatable bonds is 7. The molecular formula is C27H34ClN5O3. The molecule has 3 aromatic rings. The zero-order valence-electron chi connectivity index (χ0n) is 20.8. The standard InChI is InChI=1S/C27H34ClN5O3/c1-32-26(17-34-22-5-2-4-20(28)14-22)29-30-27(32)19-8-6-18(7-9-19)23-15-25(36-31-23)24-11-10-21(16-35-24)33-12-3-13-33/h2,4-5,14-15,18-19,21,24H,3,6-13,16-17H2,1H3/t18-,19-,21-,24+/m1/s1. The van der Waals surface area contributed by atoms with Crippen LogP contribution in [0, 0.1) is 0 Å². The SMILES string of the molecule is Cn1c(COc2cccc(Cl)c2)nnc1[C@H]1CC[C@H](c2cc([C@@H]3CC[C@@H](N4CCC4)CO3)on2)CC1. The molecule has 0 N–H and O–H groups in total. The summed E-state index contributed by atoms with van der Waals surface area (Å²) in [5, 5.41) is 14.0. The van der Waals surface area contributed by atoms with E-state index in [1.54, 1.807) is 6.07 Å². The normalized spacial score (nSPS) is 27.1. The number of ether oxygens (including phenoxy) is 2. The van der Waals surface area contributed by atoms with Gasteiger partial charge in [-0.05, 0) is 76.2 Å². The quantitative estimate of drug-likeness (QED) is 0.420. The first-order chi connectivity index (χ1) is 17.6. The Bertz CT molecular complexity index is 1160. The van der Waals surface area contributed by atoms with Crippen LogP contribution in [0.4, 0.5) is 0 Å². The van der Waals surface area contributed by atoms with Crippen molar-refractivity contribution >= 4 is 11.6 Å². The van der Waals surface area contributed by atoms with Gasteiger partial charge in [-0.15, -0.1) is 10.2 Å². The summed E-state index contributed by atoms with van der Waals surface area (Å²) in [7, 11) is 2.03. The lowest BCUT2D eigenvalue weighted by molar-refractivity contribution is -0.0617. The third kappa shape index (κ3) is 5.04. The van der Waals surface area contributed by atoms with Crippen molar-refractivity contribution in [3.63, 3.8) is 0 Å². The summed E-state index contributed by atoms with van der Waals surface area (Å²) in [6, 6.07) is 10.1. The second-order valence-corrected chi connectivity index (χ2v) is 10.9. The van der Waals surface area contributed by atoms with Crippen LogP contribution in [0.15, 0.2) is 34.9 Å². The van der Waals surface area contributed by atoms with Crippen LogP contribution in [0.5, 0.6) is 5.75 Å². The third-order valence-electron chi connectivity index (χ3n) is 8.20. The smallest absolute Gasteiger partial charge is 0.170 e. The lowest BCUT2D eigenvalue weighted by atomic mass is 9.80.